The fourth-order valence-electron chi connectivity index (χ4n) is 1.61. The van der Waals surface area contributed by atoms with Gasteiger partial charge < -0.3 is 9.47 Å². The number of aryl methyl sites for hydroxylation is 1. The second-order valence-corrected chi connectivity index (χ2v) is 4.86. The van der Waals surface area contributed by atoms with Gasteiger partial charge in [-0.05, 0) is 41.1 Å². The van der Waals surface area contributed by atoms with Crippen LogP contribution in [0.3, 0.4) is 0 Å². The van der Waals surface area contributed by atoms with Crippen LogP contribution in [0.15, 0.2) is 34.9 Å². The number of pyridine rings is 1. The Labute approximate surface area is 132 Å². The molecule has 0 spiro atoms. The molecule has 0 bridgehead atoms. The summed E-state index contributed by atoms with van der Waals surface area (Å²) in [5.74, 6) is -0.135. The van der Waals surface area contributed by atoms with Crippen molar-refractivity contribution < 1.29 is 23.2 Å². The summed E-state index contributed by atoms with van der Waals surface area (Å²) in [6.07, 6.45) is 0. The summed E-state index contributed by atoms with van der Waals surface area (Å²) in [4.78, 5) is 14.1. The maximum atomic E-state index is 12.3. The average Bonchev–Trinajstić information content (AvgIpc) is 2.41. The molecule has 0 unspecified atom stereocenters. The Morgan fingerprint density at radius 2 is 2.00 bits per heavy atom. The van der Waals surface area contributed by atoms with Crippen LogP contribution >= 0.6 is 15.9 Å². The van der Waals surface area contributed by atoms with Gasteiger partial charge in [-0.2, -0.15) is 8.78 Å². The largest absolute Gasteiger partial charge is 0.454 e. The standard InChI is InChI=1S/C13H9BrF2N2O4/c1-7-2-5-10(12(14)17-7)21-8-3-4-9(18(19)20)11(6-8)22-13(15)16/h2-6,13H,1H3. The maximum absolute atomic E-state index is 12.3. The third-order valence-corrected chi connectivity index (χ3v) is 3.09. The lowest BCUT2D eigenvalue weighted by Crippen LogP contribution is -2.04. The Bertz CT molecular complexity index is 712. The van der Waals surface area contributed by atoms with Crippen molar-refractivity contribution in [3.63, 3.8) is 0 Å². The van der Waals surface area contributed by atoms with Crippen molar-refractivity contribution in [3.8, 4) is 17.2 Å². The number of hydrogen-bond donors (Lipinski definition) is 0. The maximum Gasteiger partial charge on any atom is 0.387 e. The van der Waals surface area contributed by atoms with Crippen molar-refractivity contribution >= 4 is 21.6 Å². The Morgan fingerprint density at radius 3 is 2.59 bits per heavy atom. The van der Waals surface area contributed by atoms with Crippen LogP contribution in [0.5, 0.6) is 17.2 Å². The number of nitro benzene ring substituents is 1. The molecule has 0 radical (unpaired) electrons. The first-order chi connectivity index (χ1) is 10.4. The highest BCUT2D eigenvalue weighted by molar-refractivity contribution is 9.10. The first-order valence-corrected chi connectivity index (χ1v) is 6.70. The monoisotopic (exact) mass is 374 g/mol. The minimum atomic E-state index is -3.18. The van der Waals surface area contributed by atoms with Crippen LogP contribution in [0.4, 0.5) is 14.5 Å². The molecule has 2 rings (SSSR count). The molecule has 0 aliphatic rings. The quantitative estimate of drug-likeness (QED) is 0.438. The molecule has 22 heavy (non-hydrogen) atoms. The van der Waals surface area contributed by atoms with Crippen molar-refractivity contribution in [2.75, 3.05) is 0 Å². The molecule has 0 aliphatic carbocycles. The molecule has 0 saturated carbocycles. The van der Waals surface area contributed by atoms with Crippen LogP contribution in [0, 0.1) is 17.0 Å². The lowest BCUT2D eigenvalue weighted by atomic mass is 10.3. The van der Waals surface area contributed by atoms with Gasteiger partial charge in [-0.25, -0.2) is 4.98 Å². The molecule has 116 valence electrons. The summed E-state index contributed by atoms with van der Waals surface area (Å²) < 4.78 is 34.7. The van der Waals surface area contributed by atoms with Gasteiger partial charge in [0, 0.05) is 17.8 Å². The molecule has 6 nitrogen and oxygen atoms in total. The molecule has 1 aromatic carbocycles. The average molecular weight is 375 g/mol. The highest BCUT2D eigenvalue weighted by Crippen LogP contribution is 2.35. The van der Waals surface area contributed by atoms with E-state index >= 15 is 0 Å². The van der Waals surface area contributed by atoms with Gasteiger partial charge >= 0.3 is 12.3 Å². The lowest BCUT2D eigenvalue weighted by molar-refractivity contribution is -0.386. The molecule has 1 heterocycles. The number of alkyl halides is 2. The number of halogens is 3. The number of nitro groups is 1. The van der Waals surface area contributed by atoms with Gasteiger partial charge in [-0.3, -0.25) is 10.1 Å². The van der Waals surface area contributed by atoms with Crippen LogP contribution in [-0.2, 0) is 0 Å². The Hall–Kier alpha value is -2.29. The first-order valence-electron chi connectivity index (χ1n) is 5.91. The molecule has 0 N–H and O–H groups in total. The zero-order valence-corrected chi connectivity index (χ0v) is 12.7. The van der Waals surface area contributed by atoms with E-state index in [1.54, 1.807) is 19.1 Å². The lowest BCUT2D eigenvalue weighted by Gasteiger charge is -2.10. The van der Waals surface area contributed by atoms with E-state index in [1.807, 2.05) is 0 Å². The predicted molar refractivity (Wildman–Crippen MR) is 76.5 cm³/mol. The first kappa shape index (κ1) is 16.1. The predicted octanol–water partition coefficient (Wildman–Crippen LogP) is 4.45. The second-order valence-electron chi connectivity index (χ2n) is 4.11. The third-order valence-electron chi connectivity index (χ3n) is 2.53. The van der Waals surface area contributed by atoms with Crippen molar-refractivity contribution in [2.45, 2.75) is 13.5 Å². The Morgan fingerprint density at radius 1 is 1.27 bits per heavy atom. The fraction of sp³-hybridized carbons (Fsp3) is 0.154. The smallest absolute Gasteiger partial charge is 0.387 e. The van der Waals surface area contributed by atoms with E-state index < -0.39 is 23.0 Å². The minimum Gasteiger partial charge on any atom is -0.454 e. The summed E-state index contributed by atoms with van der Waals surface area (Å²) in [6.45, 7) is -1.39. The molecule has 0 fully saturated rings. The van der Waals surface area contributed by atoms with E-state index in [0.29, 0.717) is 10.4 Å². The SMILES string of the molecule is Cc1ccc(Oc2ccc([N+](=O)[O-])c(OC(F)F)c2)c(Br)n1. The number of rotatable bonds is 5. The van der Waals surface area contributed by atoms with Crippen LogP contribution in [-0.4, -0.2) is 16.5 Å². The summed E-state index contributed by atoms with van der Waals surface area (Å²) in [7, 11) is 0. The van der Waals surface area contributed by atoms with Crippen molar-refractivity contribution in [2.24, 2.45) is 0 Å². The summed E-state index contributed by atoms with van der Waals surface area (Å²) in [6, 6.07) is 6.66. The van der Waals surface area contributed by atoms with Gasteiger partial charge in [0.15, 0.2) is 5.75 Å². The van der Waals surface area contributed by atoms with E-state index in [2.05, 4.69) is 25.7 Å². The molecular weight excluding hydrogens is 366 g/mol. The highest BCUT2D eigenvalue weighted by atomic mass is 79.9. The van der Waals surface area contributed by atoms with Crippen molar-refractivity contribution in [3.05, 3.63) is 50.7 Å². The molecule has 1 aromatic heterocycles. The van der Waals surface area contributed by atoms with Gasteiger partial charge in [-0.15, -0.1) is 0 Å². The summed E-state index contributed by atoms with van der Waals surface area (Å²) >= 11 is 3.21. The fourth-order valence-corrected chi connectivity index (χ4v) is 2.11. The normalized spacial score (nSPS) is 10.6. The molecular formula is C13H9BrF2N2O4. The van der Waals surface area contributed by atoms with E-state index in [-0.39, 0.29) is 5.75 Å². The van der Waals surface area contributed by atoms with Crippen LogP contribution in [0.2, 0.25) is 0 Å². The van der Waals surface area contributed by atoms with Crippen molar-refractivity contribution in [1.29, 1.82) is 0 Å². The highest BCUT2D eigenvalue weighted by Gasteiger charge is 2.20. The number of hydrogen-bond acceptors (Lipinski definition) is 5. The Balaban J connectivity index is 2.33. The van der Waals surface area contributed by atoms with E-state index in [9.17, 15) is 18.9 Å². The minimum absolute atomic E-state index is 0.104. The Kier molecular flexibility index (Phi) is 4.86. The van der Waals surface area contributed by atoms with Crippen LogP contribution < -0.4 is 9.47 Å². The number of nitrogens with zero attached hydrogens (tertiary/aromatic N) is 2. The summed E-state index contributed by atoms with van der Waals surface area (Å²) in [5, 5.41) is 10.8. The van der Waals surface area contributed by atoms with Gasteiger partial charge in [-0.1, -0.05) is 0 Å². The number of aromatic nitrogens is 1. The molecule has 9 heteroatoms. The molecule has 2 aromatic rings. The molecule has 0 amide bonds. The van der Waals surface area contributed by atoms with Gasteiger partial charge in [0.25, 0.3) is 0 Å². The third kappa shape index (κ3) is 3.88. The zero-order valence-electron chi connectivity index (χ0n) is 11.1. The van der Waals surface area contributed by atoms with Crippen molar-refractivity contribution in [1.82, 2.24) is 4.98 Å². The van der Waals surface area contributed by atoms with Gasteiger partial charge in [0.1, 0.15) is 10.4 Å². The topological polar surface area (TPSA) is 74.5 Å². The molecule has 0 aliphatic heterocycles. The zero-order chi connectivity index (χ0) is 16.3. The number of ether oxygens (including phenoxy) is 2. The number of benzene rings is 1. The molecule has 0 saturated heterocycles. The van der Waals surface area contributed by atoms with Gasteiger partial charge in [0.05, 0.1) is 4.92 Å². The van der Waals surface area contributed by atoms with Crippen LogP contribution in [0.1, 0.15) is 5.69 Å². The second kappa shape index (κ2) is 6.65. The van der Waals surface area contributed by atoms with Gasteiger partial charge in [0.2, 0.25) is 5.75 Å². The molecule has 0 atom stereocenters. The van der Waals surface area contributed by atoms with E-state index in [0.717, 1.165) is 17.8 Å². The van der Waals surface area contributed by atoms with Crippen LogP contribution in [0.25, 0.3) is 0 Å². The van der Waals surface area contributed by atoms with E-state index in [4.69, 9.17) is 4.74 Å². The van der Waals surface area contributed by atoms with E-state index in [1.165, 1.54) is 6.07 Å². The summed E-state index contributed by atoms with van der Waals surface area (Å²) in [5.41, 5.74) is 0.179.